The molecule has 1 saturated heterocycles. The van der Waals surface area contributed by atoms with E-state index in [9.17, 15) is 4.79 Å². The lowest BCUT2D eigenvalue weighted by molar-refractivity contribution is -0.124. The van der Waals surface area contributed by atoms with Crippen molar-refractivity contribution in [1.29, 1.82) is 0 Å². The number of nitrogens with zero attached hydrogens (tertiary/aromatic N) is 1. The Labute approximate surface area is 124 Å². The van der Waals surface area contributed by atoms with Crippen LogP contribution in [-0.4, -0.2) is 48.1 Å². The zero-order valence-electron chi connectivity index (χ0n) is 14.2. The van der Waals surface area contributed by atoms with Crippen molar-refractivity contribution in [2.75, 3.05) is 26.2 Å². The average molecular weight is 283 g/mol. The number of likely N-dealkylation sites (tertiary alicyclic amines) is 1. The van der Waals surface area contributed by atoms with Crippen LogP contribution in [0.4, 0.5) is 0 Å². The van der Waals surface area contributed by atoms with E-state index >= 15 is 0 Å². The summed E-state index contributed by atoms with van der Waals surface area (Å²) in [5, 5.41) is 6.61. The molecule has 0 aromatic rings. The predicted octanol–water partition coefficient (Wildman–Crippen LogP) is 2.00. The first-order chi connectivity index (χ1) is 9.05. The molecule has 0 saturated carbocycles. The number of nitrogens with one attached hydrogen (secondary N) is 2. The normalized spacial score (nSPS) is 19.1. The average Bonchev–Trinajstić information content (AvgIpc) is 2.24. The van der Waals surface area contributed by atoms with Crippen molar-refractivity contribution in [2.45, 2.75) is 65.5 Å². The van der Waals surface area contributed by atoms with Gasteiger partial charge in [0.2, 0.25) is 5.91 Å². The van der Waals surface area contributed by atoms with Gasteiger partial charge in [-0.2, -0.15) is 0 Å². The molecule has 0 bridgehead atoms. The predicted molar refractivity (Wildman–Crippen MR) is 84.8 cm³/mol. The molecule has 1 amide bonds. The van der Waals surface area contributed by atoms with Gasteiger partial charge in [-0.05, 0) is 79.9 Å². The van der Waals surface area contributed by atoms with Gasteiger partial charge in [-0.25, -0.2) is 0 Å². The van der Waals surface area contributed by atoms with Crippen molar-refractivity contribution in [3.8, 4) is 0 Å². The highest BCUT2D eigenvalue weighted by Crippen LogP contribution is 2.17. The van der Waals surface area contributed by atoms with Gasteiger partial charge in [-0.1, -0.05) is 0 Å². The molecule has 0 unspecified atom stereocenters. The Balaban J connectivity index is 2.24. The number of amides is 1. The molecule has 0 aromatic heterocycles. The summed E-state index contributed by atoms with van der Waals surface area (Å²) in [4.78, 5) is 14.2. The summed E-state index contributed by atoms with van der Waals surface area (Å²) in [5.74, 6) is 0.889. The zero-order chi connectivity index (χ0) is 15.4. The maximum Gasteiger partial charge on any atom is 0.234 e. The molecule has 0 radical (unpaired) electrons. The van der Waals surface area contributed by atoms with Crippen LogP contribution in [0.1, 0.15) is 54.4 Å². The molecule has 1 heterocycles. The van der Waals surface area contributed by atoms with Gasteiger partial charge in [0.05, 0.1) is 6.54 Å². The van der Waals surface area contributed by atoms with Crippen LogP contribution in [0.3, 0.4) is 0 Å². The third-order valence-corrected chi connectivity index (χ3v) is 3.51. The number of piperidine rings is 1. The number of carbonyl (C=O) groups is 1. The summed E-state index contributed by atoms with van der Waals surface area (Å²) in [7, 11) is 0. The van der Waals surface area contributed by atoms with E-state index in [1.54, 1.807) is 0 Å². The number of hydrogen-bond donors (Lipinski definition) is 2. The van der Waals surface area contributed by atoms with Crippen LogP contribution in [0.2, 0.25) is 0 Å². The molecule has 118 valence electrons. The minimum Gasteiger partial charge on any atom is -0.350 e. The molecule has 0 atom stereocenters. The highest BCUT2D eigenvalue weighted by atomic mass is 16.2. The fourth-order valence-corrected chi connectivity index (χ4v) is 2.46. The van der Waals surface area contributed by atoms with Crippen LogP contribution in [0.15, 0.2) is 0 Å². The van der Waals surface area contributed by atoms with Gasteiger partial charge < -0.3 is 10.6 Å². The number of hydrogen-bond acceptors (Lipinski definition) is 3. The monoisotopic (exact) mass is 283 g/mol. The van der Waals surface area contributed by atoms with Crippen molar-refractivity contribution in [1.82, 2.24) is 15.5 Å². The van der Waals surface area contributed by atoms with Crippen LogP contribution in [0.5, 0.6) is 0 Å². The molecule has 1 aliphatic rings. The minimum absolute atomic E-state index is 0.133. The van der Waals surface area contributed by atoms with Gasteiger partial charge >= 0.3 is 0 Å². The summed E-state index contributed by atoms with van der Waals surface area (Å²) < 4.78 is 0. The van der Waals surface area contributed by atoms with Crippen molar-refractivity contribution in [3.05, 3.63) is 0 Å². The number of rotatable bonds is 4. The third kappa shape index (κ3) is 7.85. The Hall–Kier alpha value is -0.610. The van der Waals surface area contributed by atoms with Gasteiger partial charge in [0, 0.05) is 11.1 Å². The van der Waals surface area contributed by atoms with E-state index in [0.717, 1.165) is 25.6 Å². The third-order valence-electron chi connectivity index (χ3n) is 3.51. The van der Waals surface area contributed by atoms with Crippen molar-refractivity contribution >= 4 is 5.91 Å². The standard InChI is InChI=1S/C16H33N3O/c1-15(2,3)17-11-13-7-9-19(10-8-13)12-14(20)18-16(4,5)6/h13,17H,7-12H2,1-6H3,(H,18,20). The van der Waals surface area contributed by atoms with Crippen molar-refractivity contribution < 1.29 is 4.79 Å². The summed E-state index contributed by atoms with van der Waals surface area (Å²) in [6.45, 7) is 16.4. The van der Waals surface area contributed by atoms with E-state index in [0.29, 0.717) is 6.54 Å². The smallest absolute Gasteiger partial charge is 0.234 e. The second kappa shape index (κ2) is 6.90. The molecule has 4 nitrogen and oxygen atoms in total. The molecule has 1 fully saturated rings. The Kier molecular flexibility index (Phi) is 6.02. The van der Waals surface area contributed by atoms with E-state index in [2.05, 4.69) is 36.3 Å². The molecule has 1 aliphatic heterocycles. The maximum atomic E-state index is 11.9. The SMILES string of the molecule is CC(C)(C)NCC1CCN(CC(=O)NC(C)(C)C)CC1. The molecule has 2 N–H and O–H groups in total. The molecule has 0 aliphatic carbocycles. The second-order valence-corrected chi connectivity index (χ2v) is 8.15. The molecule has 20 heavy (non-hydrogen) atoms. The Bertz CT molecular complexity index is 307. The fraction of sp³-hybridized carbons (Fsp3) is 0.938. The van der Waals surface area contributed by atoms with Gasteiger partial charge in [0.25, 0.3) is 0 Å². The van der Waals surface area contributed by atoms with Crippen LogP contribution in [-0.2, 0) is 4.79 Å². The Morgan fingerprint density at radius 1 is 1.05 bits per heavy atom. The first kappa shape index (κ1) is 17.4. The van der Waals surface area contributed by atoms with E-state index in [1.807, 2.05) is 20.8 Å². The van der Waals surface area contributed by atoms with Gasteiger partial charge in [-0.3, -0.25) is 9.69 Å². The van der Waals surface area contributed by atoms with Crippen LogP contribution in [0, 0.1) is 5.92 Å². The van der Waals surface area contributed by atoms with E-state index in [-0.39, 0.29) is 17.0 Å². The zero-order valence-corrected chi connectivity index (χ0v) is 14.2. The Morgan fingerprint density at radius 3 is 2.05 bits per heavy atom. The van der Waals surface area contributed by atoms with Gasteiger partial charge in [-0.15, -0.1) is 0 Å². The first-order valence-electron chi connectivity index (χ1n) is 7.83. The van der Waals surface area contributed by atoms with E-state index < -0.39 is 0 Å². The molecule has 0 spiro atoms. The maximum absolute atomic E-state index is 11.9. The van der Waals surface area contributed by atoms with Crippen LogP contribution in [0.25, 0.3) is 0 Å². The van der Waals surface area contributed by atoms with Crippen molar-refractivity contribution in [3.63, 3.8) is 0 Å². The van der Waals surface area contributed by atoms with E-state index in [1.165, 1.54) is 12.8 Å². The topological polar surface area (TPSA) is 44.4 Å². The second-order valence-electron chi connectivity index (χ2n) is 8.15. The minimum atomic E-state index is -0.133. The number of carbonyl (C=O) groups excluding carboxylic acids is 1. The summed E-state index contributed by atoms with van der Waals surface area (Å²) >= 11 is 0. The lowest BCUT2D eigenvalue weighted by atomic mass is 9.95. The molecular formula is C16H33N3O. The fourth-order valence-electron chi connectivity index (χ4n) is 2.46. The molecular weight excluding hydrogens is 250 g/mol. The van der Waals surface area contributed by atoms with Crippen molar-refractivity contribution in [2.24, 2.45) is 5.92 Å². The molecule has 1 rings (SSSR count). The summed E-state index contributed by atoms with van der Waals surface area (Å²) in [5.41, 5.74) is 0.0652. The summed E-state index contributed by atoms with van der Waals surface area (Å²) in [6, 6.07) is 0. The van der Waals surface area contributed by atoms with Crippen LogP contribution < -0.4 is 10.6 Å². The Morgan fingerprint density at radius 2 is 1.60 bits per heavy atom. The first-order valence-corrected chi connectivity index (χ1v) is 7.83. The van der Waals surface area contributed by atoms with Gasteiger partial charge in [0.15, 0.2) is 0 Å². The summed E-state index contributed by atoms with van der Waals surface area (Å²) in [6.07, 6.45) is 2.37. The highest BCUT2D eigenvalue weighted by Gasteiger charge is 2.23. The largest absolute Gasteiger partial charge is 0.350 e. The van der Waals surface area contributed by atoms with Crippen LogP contribution >= 0.6 is 0 Å². The molecule has 4 heteroatoms. The molecule has 0 aromatic carbocycles. The lowest BCUT2D eigenvalue weighted by Gasteiger charge is -2.34. The lowest BCUT2D eigenvalue weighted by Crippen LogP contribution is -2.48. The van der Waals surface area contributed by atoms with Gasteiger partial charge in [0.1, 0.15) is 0 Å². The highest BCUT2D eigenvalue weighted by molar-refractivity contribution is 5.78. The quantitative estimate of drug-likeness (QED) is 0.829. The van der Waals surface area contributed by atoms with E-state index in [4.69, 9.17) is 0 Å².